The van der Waals surface area contributed by atoms with Crippen molar-refractivity contribution in [1.29, 1.82) is 0 Å². The van der Waals surface area contributed by atoms with Crippen molar-refractivity contribution >= 4 is 39.4 Å². The second kappa shape index (κ2) is 14.6. The zero-order chi connectivity index (χ0) is 34.9. The first-order valence-corrected chi connectivity index (χ1v) is 17.4. The quantitative estimate of drug-likeness (QED) is 0.186. The number of ether oxygens (including phenoxy) is 3. The lowest BCUT2D eigenvalue weighted by Gasteiger charge is -2.32. The fourth-order valence-electron chi connectivity index (χ4n) is 6.15. The molecule has 0 bridgehead atoms. The molecule has 1 amide bonds. The molecule has 2 unspecified atom stereocenters. The van der Waals surface area contributed by atoms with Crippen LogP contribution < -0.4 is 14.8 Å². The highest BCUT2D eigenvalue weighted by Crippen LogP contribution is 2.32. The number of carbonyl (C=O) groups is 1. The van der Waals surface area contributed by atoms with E-state index in [0.717, 1.165) is 39.3 Å². The van der Waals surface area contributed by atoms with Crippen LogP contribution in [0.15, 0.2) is 115 Å². The second-order valence-electron chi connectivity index (χ2n) is 11.7. The van der Waals surface area contributed by atoms with Crippen molar-refractivity contribution in [3.63, 3.8) is 0 Å². The second-order valence-corrected chi connectivity index (χ2v) is 13.2. The highest BCUT2D eigenvalue weighted by molar-refractivity contribution is 7.85. The van der Waals surface area contributed by atoms with Crippen molar-refractivity contribution in [3.05, 3.63) is 115 Å². The van der Waals surface area contributed by atoms with E-state index >= 15 is 0 Å². The molecule has 52 heavy (non-hydrogen) atoms. The van der Waals surface area contributed by atoms with Crippen LogP contribution in [0.25, 0.3) is 33.5 Å². The minimum atomic E-state index is -1.76. The molecule has 5 heterocycles. The van der Waals surface area contributed by atoms with Gasteiger partial charge in [-0.05, 0) is 66.7 Å². The van der Waals surface area contributed by atoms with Gasteiger partial charge in [-0.1, -0.05) is 37.8 Å². The number of nitrogens with zero attached hydrogens (tertiary/aromatic N) is 7. The summed E-state index contributed by atoms with van der Waals surface area (Å²) >= 11 is 0. The van der Waals surface area contributed by atoms with Crippen molar-refractivity contribution in [2.75, 3.05) is 39.2 Å². The lowest BCUT2D eigenvalue weighted by Crippen LogP contribution is -2.47. The molecule has 8 rings (SSSR count). The predicted molar refractivity (Wildman–Crippen MR) is 198 cm³/mol. The molecule has 1 aliphatic rings. The van der Waals surface area contributed by atoms with Gasteiger partial charge in [-0.15, -0.1) is 10.2 Å². The molecule has 4 aromatic heterocycles. The van der Waals surface area contributed by atoms with Crippen LogP contribution in [0.1, 0.15) is 17.8 Å². The van der Waals surface area contributed by atoms with E-state index in [4.69, 9.17) is 19.3 Å². The zero-order valence-electron chi connectivity index (χ0n) is 27.7. The Bertz CT molecular complexity index is 2430. The maximum absolute atomic E-state index is 13.8. The molecule has 0 spiro atoms. The molecular formula is C38H36N8O5S. The number of methoxy groups -OCH3 is 2. The molecule has 1 fully saturated rings. The number of anilines is 2. The molecule has 7 aromatic rings. The van der Waals surface area contributed by atoms with Crippen LogP contribution in [0, 0.1) is 0 Å². The van der Waals surface area contributed by atoms with Gasteiger partial charge in [-0.3, -0.25) is 4.79 Å². The van der Waals surface area contributed by atoms with Crippen molar-refractivity contribution in [1.82, 2.24) is 34.1 Å². The van der Waals surface area contributed by atoms with E-state index in [1.54, 1.807) is 58.7 Å². The van der Waals surface area contributed by atoms with E-state index in [1.165, 1.54) is 0 Å². The maximum Gasteiger partial charge on any atom is 0.254 e. The van der Waals surface area contributed by atoms with E-state index in [1.807, 2.05) is 78.9 Å². The number of amides is 1. The number of aromatic nitrogens is 6. The van der Waals surface area contributed by atoms with Gasteiger partial charge in [-0.2, -0.15) is 0 Å². The zero-order valence-corrected chi connectivity index (χ0v) is 28.5. The van der Waals surface area contributed by atoms with Crippen LogP contribution >= 0.6 is 0 Å². The summed E-state index contributed by atoms with van der Waals surface area (Å²) in [5.74, 6) is 1.56. The summed E-state index contributed by atoms with van der Waals surface area (Å²) in [5, 5.41) is 12.7. The summed E-state index contributed by atoms with van der Waals surface area (Å²) in [5.41, 5.74) is 5.20. The minimum absolute atomic E-state index is 0. The van der Waals surface area contributed by atoms with Gasteiger partial charge in [0.1, 0.15) is 22.3 Å². The van der Waals surface area contributed by atoms with Gasteiger partial charge in [0, 0.05) is 28.9 Å². The van der Waals surface area contributed by atoms with E-state index in [9.17, 15) is 9.00 Å². The Balaban J connectivity index is 0.00000420. The van der Waals surface area contributed by atoms with E-state index in [0.29, 0.717) is 29.5 Å². The Morgan fingerprint density at radius 1 is 0.808 bits per heavy atom. The summed E-state index contributed by atoms with van der Waals surface area (Å²) in [6.45, 7) is 0.672. The predicted octanol–water partition coefficient (Wildman–Crippen LogP) is 6.11. The Labute approximate surface area is 302 Å². The summed E-state index contributed by atoms with van der Waals surface area (Å²) in [4.78, 5) is 24.3. The van der Waals surface area contributed by atoms with Crippen LogP contribution in [0.5, 0.6) is 11.5 Å². The largest absolute Gasteiger partial charge is 0.496 e. The van der Waals surface area contributed by atoms with Crippen LogP contribution in [-0.2, 0) is 15.5 Å². The molecule has 1 aliphatic heterocycles. The first-order valence-electron chi connectivity index (χ1n) is 16.2. The molecule has 0 saturated carbocycles. The lowest BCUT2D eigenvalue weighted by atomic mass is 10.1. The lowest BCUT2D eigenvalue weighted by molar-refractivity contribution is 0.0150. The number of hydrogen-bond donors (Lipinski definition) is 1. The molecule has 2 atom stereocenters. The molecule has 264 valence electrons. The Kier molecular flexibility index (Phi) is 9.65. The Morgan fingerprint density at radius 3 is 2.12 bits per heavy atom. The summed E-state index contributed by atoms with van der Waals surface area (Å²) in [6, 6.07) is 30.2. The van der Waals surface area contributed by atoms with Gasteiger partial charge in [0.25, 0.3) is 5.91 Å². The molecule has 0 radical (unpaired) electrons. The number of carbonyl (C=O) groups excluding carboxylic acids is 1. The average Bonchev–Trinajstić information content (AvgIpc) is 3.81. The summed E-state index contributed by atoms with van der Waals surface area (Å²) in [6.07, 6.45) is 3.36. The topological polar surface area (TPSA) is 137 Å². The SMILES string of the molecule is C.COc1ccccc1-c1ccc2cnc(Nc3cccc(C(=O)N4CCOC(S(=O)c5ncc6ccc(-c7ccccc7OC)n6n5)C4)c3)nn12. The third kappa shape index (κ3) is 6.45. The first kappa shape index (κ1) is 34.3. The number of morpholine rings is 1. The fourth-order valence-corrected chi connectivity index (χ4v) is 7.24. The molecule has 0 aliphatic carbocycles. The smallest absolute Gasteiger partial charge is 0.254 e. The molecule has 14 heteroatoms. The number of benzene rings is 3. The standard InChI is InChI=1S/C37H32N8O5S.CH4/c1-48-32-12-5-3-10-28(32)30-16-14-26-21-38-36(41-44(26)30)40-25-9-7-8-24(20-25)35(46)43-18-19-50-34(23-43)51(47)37-39-22-27-15-17-31(45(27)42-37)29-11-4-6-13-33(29)49-2;/h3-17,20-22,34H,18-19,23H2,1-2H3,(H,40,41);1H4. The van der Waals surface area contributed by atoms with Crippen molar-refractivity contribution < 1.29 is 23.2 Å². The third-order valence-corrected chi connectivity index (χ3v) is 9.96. The fraction of sp³-hybridized carbons (Fsp3) is 0.184. The highest BCUT2D eigenvalue weighted by atomic mass is 32.2. The minimum Gasteiger partial charge on any atom is -0.496 e. The number of nitrogens with one attached hydrogen (secondary N) is 1. The summed E-state index contributed by atoms with van der Waals surface area (Å²) < 4.78 is 34.3. The number of fused-ring (bicyclic) bond motifs is 2. The normalized spacial score (nSPS) is 14.9. The van der Waals surface area contributed by atoms with Crippen molar-refractivity contribution in [3.8, 4) is 34.0 Å². The van der Waals surface area contributed by atoms with Gasteiger partial charge in [0.2, 0.25) is 11.1 Å². The third-order valence-electron chi connectivity index (χ3n) is 8.65. The molecule has 3 aromatic carbocycles. The van der Waals surface area contributed by atoms with Gasteiger partial charge in [-0.25, -0.2) is 23.2 Å². The monoisotopic (exact) mass is 716 g/mol. The number of hydrogen-bond acceptors (Lipinski definition) is 10. The van der Waals surface area contributed by atoms with Gasteiger partial charge in [0.15, 0.2) is 5.44 Å². The van der Waals surface area contributed by atoms with Crippen molar-refractivity contribution in [2.45, 2.75) is 18.0 Å². The number of rotatable bonds is 9. The van der Waals surface area contributed by atoms with Gasteiger partial charge in [0.05, 0.1) is 62.2 Å². The van der Waals surface area contributed by atoms with Crippen LogP contribution in [0.3, 0.4) is 0 Å². The van der Waals surface area contributed by atoms with E-state index in [2.05, 4.69) is 20.4 Å². The van der Waals surface area contributed by atoms with Crippen LogP contribution in [0.4, 0.5) is 11.6 Å². The average molecular weight is 717 g/mol. The van der Waals surface area contributed by atoms with E-state index in [-0.39, 0.29) is 31.6 Å². The van der Waals surface area contributed by atoms with Crippen LogP contribution in [-0.4, -0.2) is 83.6 Å². The Hall–Kier alpha value is -6.12. The molecule has 13 nitrogen and oxygen atoms in total. The van der Waals surface area contributed by atoms with E-state index < -0.39 is 16.2 Å². The highest BCUT2D eigenvalue weighted by Gasteiger charge is 2.31. The van der Waals surface area contributed by atoms with Crippen molar-refractivity contribution in [2.24, 2.45) is 0 Å². The first-order chi connectivity index (χ1) is 25.0. The molecule has 1 saturated heterocycles. The Morgan fingerprint density at radius 2 is 1.44 bits per heavy atom. The molecular weight excluding hydrogens is 681 g/mol. The molecule has 1 N–H and O–H groups in total. The van der Waals surface area contributed by atoms with Gasteiger partial charge < -0.3 is 24.4 Å². The van der Waals surface area contributed by atoms with Crippen LogP contribution in [0.2, 0.25) is 0 Å². The van der Waals surface area contributed by atoms with Gasteiger partial charge >= 0.3 is 0 Å². The maximum atomic E-state index is 13.8. The summed E-state index contributed by atoms with van der Waals surface area (Å²) in [7, 11) is 1.49. The number of para-hydroxylation sites is 2.